The Balaban J connectivity index is 1.82. The zero-order valence-corrected chi connectivity index (χ0v) is 19.5. The topological polar surface area (TPSA) is 133 Å². The van der Waals surface area contributed by atoms with Gasteiger partial charge in [0.25, 0.3) is 0 Å². The second kappa shape index (κ2) is 10.4. The lowest BCUT2D eigenvalue weighted by atomic mass is 10.0. The van der Waals surface area contributed by atoms with Crippen LogP contribution in [0.3, 0.4) is 0 Å². The maximum atomic E-state index is 12.4. The Morgan fingerprint density at radius 3 is 2.37 bits per heavy atom. The minimum absolute atomic E-state index is 0.0341. The SMILES string of the molecule is C[C@H](c1ccccc1)N(C(=O)O)c1c(NC=O)nnc2cc(-c3ccc(CS(=O)O)cc3)ccc12. The van der Waals surface area contributed by atoms with Gasteiger partial charge in [0.15, 0.2) is 16.9 Å². The van der Waals surface area contributed by atoms with Crippen molar-refractivity contribution in [3.63, 3.8) is 0 Å². The minimum atomic E-state index is -1.92. The number of hydrogen-bond acceptors (Lipinski definition) is 5. The fraction of sp³-hybridized carbons (Fsp3) is 0.120. The van der Waals surface area contributed by atoms with Crippen LogP contribution in [0.15, 0.2) is 72.8 Å². The van der Waals surface area contributed by atoms with Crippen LogP contribution in [0.25, 0.3) is 22.0 Å². The van der Waals surface area contributed by atoms with Crippen LogP contribution < -0.4 is 10.2 Å². The summed E-state index contributed by atoms with van der Waals surface area (Å²) in [6.07, 6.45) is -0.771. The lowest BCUT2D eigenvalue weighted by Crippen LogP contribution is -2.33. The van der Waals surface area contributed by atoms with E-state index in [9.17, 15) is 18.9 Å². The summed E-state index contributed by atoms with van der Waals surface area (Å²) >= 11 is -1.92. The molecule has 4 rings (SSSR count). The quantitative estimate of drug-likeness (QED) is 0.238. The molecule has 0 saturated carbocycles. The van der Waals surface area contributed by atoms with Gasteiger partial charge < -0.3 is 15.0 Å². The summed E-state index contributed by atoms with van der Waals surface area (Å²) in [6.45, 7) is 1.76. The second-order valence-electron chi connectivity index (χ2n) is 7.79. The molecule has 1 unspecified atom stereocenters. The summed E-state index contributed by atoms with van der Waals surface area (Å²) in [5.74, 6) is 0.0797. The van der Waals surface area contributed by atoms with Crippen LogP contribution in [-0.4, -0.2) is 36.6 Å². The summed E-state index contributed by atoms with van der Waals surface area (Å²) in [5.41, 5.74) is 3.83. The van der Waals surface area contributed by atoms with Crippen molar-refractivity contribution in [2.24, 2.45) is 0 Å². The molecular formula is C25H22N4O5S. The monoisotopic (exact) mass is 490 g/mol. The molecule has 9 nitrogen and oxygen atoms in total. The van der Waals surface area contributed by atoms with Crippen LogP contribution >= 0.6 is 0 Å². The maximum absolute atomic E-state index is 12.4. The van der Waals surface area contributed by atoms with E-state index in [2.05, 4.69) is 15.5 Å². The number of hydrogen-bond donors (Lipinski definition) is 3. The number of carbonyl (C=O) groups is 2. The number of nitrogens with one attached hydrogen (secondary N) is 1. The highest BCUT2D eigenvalue weighted by Gasteiger charge is 2.28. The number of carbonyl (C=O) groups excluding carboxylic acids is 1. The van der Waals surface area contributed by atoms with Crippen molar-refractivity contribution in [1.29, 1.82) is 0 Å². The summed E-state index contributed by atoms with van der Waals surface area (Å²) in [7, 11) is 0. The molecule has 0 aliphatic rings. The van der Waals surface area contributed by atoms with E-state index in [4.69, 9.17) is 4.55 Å². The molecule has 1 aromatic heterocycles. The van der Waals surface area contributed by atoms with Crippen molar-refractivity contribution in [3.05, 3.63) is 83.9 Å². The van der Waals surface area contributed by atoms with Gasteiger partial charge in [0.05, 0.1) is 17.3 Å². The highest BCUT2D eigenvalue weighted by Crippen LogP contribution is 2.38. The fourth-order valence-corrected chi connectivity index (χ4v) is 4.42. The van der Waals surface area contributed by atoms with Crippen LogP contribution in [0.2, 0.25) is 0 Å². The number of aromatic nitrogens is 2. The molecule has 0 aliphatic carbocycles. The third-order valence-corrected chi connectivity index (χ3v) is 6.20. The molecule has 0 bridgehead atoms. The maximum Gasteiger partial charge on any atom is 0.412 e. The van der Waals surface area contributed by atoms with Gasteiger partial charge in [-0.3, -0.25) is 9.69 Å². The molecule has 35 heavy (non-hydrogen) atoms. The van der Waals surface area contributed by atoms with Crippen molar-refractivity contribution in [2.45, 2.75) is 18.7 Å². The number of rotatable bonds is 8. The Kier molecular flexibility index (Phi) is 7.14. The number of amides is 2. The number of fused-ring (bicyclic) bond motifs is 1. The highest BCUT2D eigenvalue weighted by molar-refractivity contribution is 7.78. The third-order valence-electron chi connectivity index (χ3n) is 5.62. The Bertz CT molecular complexity index is 1400. The first-order chi connectivity index (χ1) is 16.9. The molecule has 4 aromatic rings. The van der Waals surface area contributed by atoms with E-state index in [1.165, 1.54) is 4.90 Å². The van der Waals surface area contributed by atoms with E-state index in [1.54, 1.807) is 31.2 Å². The van der Waals surface area contributed by atoms with Gasteiger partial charge in [0.1, 0.15) is 5.69 Å². The van der Waals surface area contributed by atoms with Crippen molar-refractivity contribution >= 4 is 46.0 Å². The molecule has 0 radical (unpaired) electrons. The second-order valence-corrected chi connectivity index (χ2v) is 8.72. The smallest absolute Gasteiger partial charge is 0.412 e. The van der Waals surface area contributed by atoms with Crippen LogP contribution in [0, 0.1) is 0 Å². The van der Waals surface area contributed by atoms with Crippen LogP contribution in [0.5, 0.6) is 0 Å². The highest BCUT2D eigenvalue weighted by atomic mass is 32.2. The molecule has 0 saturated heterocycles. The number of nitrogens with zero attached hydrogens (tertiary/aromatic N) is 3. The predicted molar refractivity (Wildman–Crippen MR) is 134 cm³/mol. The molecule has 0 aliphatic heterocycles. The van der Waals surface area contributed by atoms with E-state index < -0.39 is 23.2 Å². The molecule has 2 amide bonds. The van der Waals surface area contributed by atoms with E-state index in [-0.39, 0.29) is 17.3 Å². The Hall–Kier alpha value is -4.15. The standard InChI is InChI=1S/C25H22N4O5S/c1-16(18-5-3-2-4-6-18)29(25(31)32)23-21-12-11-20(13-22(21)27-28-24(23)26-15-30)19-9-7-17(8-10-19)14-35(33)34/h2-13,15-16H,14H2,1H3,(H,31,32)(H,33,34)(H,26,28,30)/t16-/m1/s1. The van der Waals surface area contributed by atoms with Crippen LogP contribution in [-0.2, 0) is 21.6 Å². The van der Waals surface area contributed by atoms with Gasteiger partial charge in [-0.1, -0.05) is 60.7 Å². The molecule has 3 N–H and O–H groups in total. The summed E-state index contributed by atoms with van der Waals surface area (Å²) < 4.78 is 20.1. The van der Waals surface area contributed by atoms with E-state index in [0.717, 1.165) is 22.3 Å². The van der Waals surface area contributed by atoms with Crippen LogP contribution in [0.1, 0.15) is 24.1 Å². The largest absolute Gasteiger partial charge is 0.465 e. The number of anilines is 2. The number of benzene rings is 3. The van der Waals surface area contributed by atoms with Gasteiger partial charge in [-0.05, 0) is 41.3 Å². The molecular weight excluding hydrogens is 468 g/mol. The first kappa shape index (κ1) is 24.0. The molecule has 3 aromatic carbocycles. The van der Waals surface area contributed by atoms with Crippen molar-refractivity contribution in [1.82, 2.24) is 10.2 Å². The van der Waals surface area contributed by atoms with E-state index in [1.807, 2.05) is 48.5 Å². The summed E-state index contributed by atoms with van der Waals surface area (Å²) in [4.78, 5) is 24.9. The van der Waals surface area contributed by atoms with Gasteiger partial charge in [-0.2, -0.15) is 0 Å². The normalized spacial score (nSPS) is 12.6. The third kappa shape index (κ3) is 5.18. The van der Waals surface area contributed by atoms with Gasteiger partial charge in [0.2, 0.25) is 6.41 Å². The van der Waals surface area contributed by atoms with Gasteiger partial charge in [0, 0.05) is 5.39 Å². The van der Waals surface area contributed by atoms with E-state index >= 15 is 0 Å². The number of carboxylic acid groups (broad SMARTS) is 1. The van der Waals surface area contributed by atoms with Gasteiger partial charge >= 0.3 is 6.09 Å². The van der Waals surface area contributed by atoms with Gasteiger partial charge in [-0.25, -0.2) is 9.00 Å². The zero-order valence-electron chi connectivity index (χ0n) is 18.7. The Labute approximate surface area is 203 Å². The molecule has 2 atom stereocenters. The summed E-state index contributed by atoms with van der Waals surface area (Å²) in [5, 5.41) is 21.4. The first-order valence-corrected chi connectivity index (χ1v) is 11.9. The summed E-state index contributed by atoms with van der Waals surface area (Å²) in [6, 6.07) is 21.2. The zero-order chi connectivity index (χ0) is 24.9. The fourth-order valence-electron chi connectivity index (χ4n) is 3.94. The van der Waals surface area contributed by atoms with E-state index in [0.29, 0.717) is 17.3 Å². The molecule has 0 spiro atoms. The Morgan fingerprint density at radius 2 is 1.74 bits per heavy atom. The van der Waals surface area contributed by atoms with Gasteiger partial charge in [-0.15, -0.1) is 10.2 Å². The van der Waals surface area contributed by atoms with Crippen LogP contribution in [0.4, 0.5) is 16.3 Å². The average molecular weight is 491 g/mol. The molecule has 1 heterocycles. The average Bonchev–Trinajstić information content (AvgIpc) is 2.85. The first-order valence-electron chi connectivity index (χ1n) is 10.6. The Morgan fingerprint density at radius 1 is 1.06 bits per heavy atom. The van der Waals surface area contributed by atoms with Crippen molar-refractivity contribution in [2.75, 3.05) is 10.2 Å². The van der Waals surface area contributed by atoms with Crippen molar-refractivity contribution < 1.29 is 23.5 Å². The minimum Gasteiger partial charge on any atom is -0.465 e. The molecule has 10 heteroatoms. The molecule has 178 valence electrons. The lowest BCUT2D eigenvalue weighted by molar-refractivity contribution is -0.105. The lowest BCUT2D eigenvalue weighted by Gasteiger charge is -2.29. The van der Waals surface area contributed by atoms with Crippen molar-refractivity contribution in [3.8, 4) is 11.1 Å². The predicted octanol–water partition coefficient (Wildman–Crippen LogP) is 4.83. The molecule has 0 fully saturated rings.